The van der Waals surface area contributed by atoms with Gasteiger partial charge in [0.1, 0.15) is 12.1 Å². The molecule has 1 saturated heterocycles. The third kappa shape index (κ3) is 3.24. The summed E-state index contributed by atoms with van der Waals surface area (Å²) in [5.41, 5.74) is 9.46. The van der Waals surface area contributed by atoms with Crippen molar-refractivity contribution in [3.8, 4) is 11.3 Å². The molecule has 0 amide bonds. The van der Waals surface area contributed by atoms with Gasteiger partial charge in [0.2, 0.25) is 5.95 Å². The van der Waals surface area contributed by atoms with Gasteiger partial charge in [-0.25, -0.2) is 19.9 Å². The molecule has 8 nitrogen and oxygen atoms in total. The van der Waals surface area contributed by atoms with Crippen LogP contribution in [0.5, 0.6) is 0 Å². The second-order valence-electron chi connectivity index (χ2n) is 7.89. The Kier molecular flexibility index (Phi) is 4.26. The Morgan fingerprint density at radius 2 is 1.90 bits per heavy atom. The average molecular weight is 389 g/mol. The molecule has 0 aromatic carbocycles. The molecule has 8 heteroatoms. The van der Waals surface area contributed by atoms with Crippen LogP contribution < -0.4 is 16.2 Å². The van der Waals surface area contributed by atoms with Gasteiger partial charge in [0.05, 0.1) is 5.69 Å². The monoisotopic (exact) mass is 389 g/mol. The molecule has 5 rings (SSSR count). The number of anilines is 2. The Labute approximate surface area is 168 Å². The first-order chi connectivity index (χ1) is 14.1. The summed E-state index contributed by atoms with van der Waals surface area (Å²) in [7, 11) is 0. The summed E-state index contributed by atoms with van der Waals surface area (Å²) in [6.45, 7) is 4.50. The van der Waals surface area contributed by atoms with Gasteiger partial charge < -0.3 is 15.2 Å². The number of aryl methyl sites for hydroxylation is 1. The van der Waals surface area contributed by atoms with E-state index >= 15 is 0 Å². The lowest BCUT2D eigenvalue weighted by molar-refractivity contribution is 0.280. The van der Waals surface area contributed by atoms with Gasteiger partial charge in [-0.05, 0) is 30.4 Å². The van der Waals surface area contributed by atoms with Crippen LogP contribution in [0.4, 0.5) is 11.8 Å². The Balaban J connectivity index is 1.50. The molecule has 2 atom stereocenters. The normalized spacial score (nSPS) is 20.4. The zero-order valence-electron chi connectivity index (χ0n) is 16.3. The maximum atomic E-state index is 12.8. The number of fused-ring (bicyclic) bond motifs is 4. The lowest BCUT2D eigenvalue weighted by atomic mass is 9.82. The molecule has 0 spiro atoms. The highest BCUT2D eigenvalue weighted by molar-refractivity contribution is 5.62. The fourth-order valence-corrected chi connectivity index (χ4v) is 4.49. The molecule has 29 heavy (non-hydrogen) atoms. The van der Waals surface area contributed by atoms with E-state index < -0.39 is 0 Å². The van der Waals surface area contributed by atoms with Crippen molar-refractivity contribution in [1.82, 2.24) is 24.5 Å². The first-order valence-corrected chi connectivity index (χ1v) is 9.99. The second-order valence-corrected chi connectivity index (χ2v) is 7.89. The van der Waals surface area contributed by atoms with Gasteiger partial charge in [-0.3, -0.25) is 4.79 Å². The lowest BCUT2D eigenvalue weighted by Gasteiger charge is -2.42. The van der Waals surface area contributed by atoms with Gasteiger partial charge in [-0.2, -0.15) is 0 Å². The molecular weight excluding hydrogens is 366 g/mol. The van der Waals surface area contributed by atoms with Crippen molar-refractivity contribution in [2.75, 3.05) is 23.7 Å². The van der Waals surface area contributed by atoms with E-state index in [0.29, 0.717) is 17.4 Å². The first kappa shape index (κ1) is 17.8. The molecule has 0 saturated carbocycles. The van der Waals surface area contributed by atoms with E-state index in [4.69, 9.17) is 5.73 Å². The minimum absolute atomic E-state index is 0.0152. The number of pyridine rings is 1. The van der Waals surface area contributed by atoms with Crippen molar-refractivity contribution < 1.29 is 0 Å². The van der Waals surface area contributed by atoms with Crippen LogP contribution in [0.2, 0.25) is 0 Å². The molecule has 0 radical (unpaired) electrons. The summed E-state index contributed by atoms with van der Waals surface area (Å²) in [6, 6.07) is 5.43. The van der Waals surface area contributed by atoms with Gasteiger partial charge in [0.25, 0.3) is 5.56 Å². The third-order valence-electron chi connectivity index (χ3n) is 5.92. The number of nitrogens with zero attached hydrogens (tertiary/aromatic N) is 6. The zero-order valence-corrected chi connectivity index (χ0v) is 16.3. The third-order valence-corrected chi connectivity index (χ3v) is 5.92. The van der Waals surface area contributed by atoms with E-state index in [2.05, 4.69) is 37.8 Å². The number of nitrogen functional groups attached to an aromatic ring is 1. The standard InChI is InChI=1S/C21H23N7O/c1-2-13-7-23-21(24-8-13)27-9-14-3-16(11-27)18-4-15(5-20(29)28(18)10-14)17-6-19(22)26-12-25-17/h4-8,12,14,16H,2-3,9-11H2,1H3,(H2,22,25,26)/t14-,16+/m0/s1. The first-order valence-electron chi connectivity index (χ1n) is 9.99. The van der Waals surface area contributed by atoms with Gasteiger partial charge in [0, 0.05) is 61.3 Å². The number of nitrogens with two attached hydrogens (primary N) is 1. The van der Waals surface area contributed by atoms with Gasteiger partial charge in [0.15, 0.2) is 0 Å². The van der Waals surface area contributed by atoms with Gasteiger partial charge in [-0.15, -0.1) is 0 Å². The summed E-state index contributed by atoms with van der Waals surface area (Å²) in [4.78, 5) is 32.5. The van der Waals surface area contributed by atoms with E-state index in [1.165, 1.54) is 6.33 Å². The second kappa shape index (κ2) is 6.95. The van der Waals surface area contributed by atoms with Crippen LogP contribution in [0.3, 0.4) is 0 Å². The zero-order chi connectivity index (χ0) is 20.0. The summed E-state index contributed by atoms with van der Waals surface area (Å²) in [6.07, 6.45) is 7.24. The van der Waals surface area contributed by atoms with Crippen molar-refractivity contribution in [2.45, 2.75) is 32.2 Å². The van der Waals surface area contributed by atoms with Crippen LogP contribution in [-0.2, 0) is 13.0 Å². The van der Waals surface area contributed by atoms with E-state index in [1.807, 2.05) is 17.0 Å². The number of aromatic nitrogens is 5. The fraction of sp³-hybridized carbons (Fsp3) is 0.381. The number of hydrogen-bond donors (Lipinski definition) is 1. The van der Waals surface area contributed by atoms with Crippen LogP contribution in [0.1, 0.15) is 30.5 Å². The lowest BCUT2D eigenvalue weighted by Crippen LogP contribution is -2.47. The van der Waals surface area contributed by atoms with Crippen molar-refractivity contribution in [1.29, 1.82) is 0 Å². The maximum absolute atomic E-state index is 12.8. The Hall–Kier alpha value is -3.29. The predicted octanol–water partition coefficient (Wildman–Crippen LogP) is 1.86. The van der Waals surface area contributed by atoms with E-state index in [9.17, 15) is 4.79 Å². The van der Waals surface area contributed by atoms with E-state index in [-0.39, 0.29) is 11.5 Å². The van der Waals surface area contributed by atoms with Gasteiger partial charge in [-0.1, -0.05) is 6.92 Å². The smallest absolute Gasteiger partial charge is 0.251 e. The highest BCUT2D eigenvalue weighted by Gasteiger charge is 2.35. The van der Waals surface area contributed by atoms with Crippen LogP contribution in [0, 0.1) is 5.92 Å². The average Bonchev–Trinajstić information content (AvgIpc) is 2.74. The SMILES string of the molecule is CCc1cnc(N2C[C@@H]3C[C@H](C2)c2cc(-c4cc(N)ncn4)cc(=O)n2C3)nc1. The molecule has 0 unspecified atom stereocenters. The summed E-state index contributed by atoms with van der Waals surface area (Å²) in [5.74, 6) is 1.83. The molecular formula is C21H23N7O. The number of hydrogen-bond acceptors (Lipinski definition) is 7. The minimum Gasteiger partial charge on any atom is -0.384 e. The molecule has 3 aromatic rings. The molecule has 0 aliphatic carbocycles. The molecule has 5 heterocycles. The van der Waals surface area contributed by atoms with E-state index in [0.717, 1.165) is 55.2 Å². The summed E-state index contributed by atoms with van der Waals surface area (Å²) in [5, 5.41) is 0. The molecule has 3 aromatic heterocycles. The molecule has 2 aliphatic rings. The Bertz CT molecular complexity index is 1110. The quantitative estimate of drug-likeness (QED) is 0.729. The van der Waals surface area contributed by atoms with Crippen LogP contribution in [0.25, 0.3) is 11.3 Å². The molecule has 2 N–H and O–H groups in total. The molecule has 2 bridgehead atoms. The predicted molar refractivity (Wildman–Crippen MR) is 111 cm³/mol. The largest absolute Gasteiger partial charge is 0.384 e. The van der Waals surface area contributed by atoms with Crippen LogP contribution in [0.15, 0.2) is 41.7 Å². The van der Waals surface area contributed by atoms with Crippen LogP contribution in [-0.4, -0.2) is 37.6 Å². The highest BCUT2D eigenvalue weighted by atomic mass is 16.1. The van der Waals surface area contributed by atoms with Crippen molar-refractivity contribution in [2.24, 2.45) is 5.92 Å². The van der Waals surface area contributed by atoms with Crippen molar-refractivity contribution in [3.63, 3.8) is 0 Å². The Morgan fingerprint density at radius 1 is 1.07 bits per heavy atom. The highest BCUT2D eigenvalue weighted by Crippen LogP contribution is 2.37. The summed E-state index contributed by atoms with van der Waals surface area (Å²) < 4.78 is 1.92. The number of rotatable bonds is 3. The van der Waals surface area contributed by atoms with Crippen molar-refractivity contribution in [3.05, 3.63) is 58.5 Å². The molecule has 1 fully saturated rings. The van der Waals surface area contributed by atoms with Crippen molar-refractivity contribution >= 4 is 11.8 Å². The maximum Gasteiger partial charge on any atom is 0.251 e. The van der Waals surface area contributed by atoms with Gasteiger partial charge >= 0.3 is 0 Å². The molecule has 2 aliphatic heterocycles. The number of piperidine rings is 1. The van der Waals surface area contributed by atoms with Crippen LogP contribution >= 0.6 is 0 Å². The fourth-order valence-electron chi connectivity index (χ4n) is 4.49. The molecule has 148 valence electrons. The Morgan fingerprint density at radius 3 is 2.66 bits per heavy atom. The summed E-state index contributed by atoms with van der Waals surface area (Å²) >= 11 is 0. The minimum atomic E-state index is 0.0152. The van der Waals surface area contributed by atoms with E-state index in [1.54, 1.807) is 12.1 Å². The topological polar surface area (TPSA) is 103 Å².